The maximum atomic E-state index is 13.1. The average Bonchev–Trinajstić information content (AvgIpc) is 3.25. The van der Waals surface area contributed by atoms with Crippen LogP contribution in [0.5, 0.6) is 0 Å². The van der Waals surface area contributed by atoms with Crippen LogP contribution >= 0.6 is 34.8 Å². The van der Waals surface area contributed by atoms with Gasteiger partial charge in [0.2, 0.25) is 0 Å². The number of amides is 1. The van der Waals surface area contributed by atoms with Gasteiger partial charge in [0.25, 0.3) is 5.91 Å². The minimum absolute atomic E-state index is 0.0534. The summed E-state index contributed by atoms with van der Waals surface area (Å²) in [5.41, 5.74) is 5.35. The van der Waals surface area contributed by atoms with Crippen molar-refractivity contribution in [1.82, 2.24) is 0 Å². The number of hydrogen-bond acceptors (Lipinski definition) is 2. The number of aryl methyl sites for hydroxylation is 1. The third-order valence-electron chi connectivity index (χ3n) is 7.02. The van der Waals surface area contributed by atoms with Crippen molar-refractivity contribution >= 4 is 52.1 Å². The van der Waals surface area contributed by atoms with Crippen molar-refractivity contribution in [1.29, 1.82) is 0 Å². The molecule has 3 aromatic carbocycles. The van der Waals surface area contributed by atoms with Gasteiger partial charge in [-0.25, -0.2) is 0 Å². The molecule has 0 saturated carbocycles. The van der Waals surface area contributed by atoms with E-state index in [2.05, 4.69) is 35.2 Å². The van der Waals surface area contributed by atoms with E-state index >= 15 is 0 Å². The van der Waals surface area contributed by atoms with Crippen molar-refractivity contribution in [3.05, 3.63) is 92.4 Å². The predicted octanol–water partition coefficient (Wildman–Crippen LogP) is 7.70. The van der Waals surface area contributed by atoms with Crippen LogP contribution in [0.25, 0.3) is 0 Å². The topological polar surface area (TPSA) is 23.6 Å². The van der Waals surface area contributed by atoms with Crippen molar-refractivity contribution in [2.24, 2.45) is 5.92 Å². The second-order valence-corrected chi connectivity index (χ2v) is 10.6. The highest BCUT2D eigenvalue weighted by Gasteiger charge is 2.26. The number of nitrogens with zero attached hydrogens (tertiary/aromatic N) is 2. The summed E-state index contributed by atoms with van der Waals surface area (Å²) in [4.78, 5) is 17.4. The van der Waals surface area contributed by atoms with Crippen LogP contribution in [0.1, 0.15) is 40.7 Å². The zero-order valence-electron chi connectivity index (χ0n) is 18.9. The molecule has 1 fully saturated rings. The molecule has 0 aromatic heterocycles. The lowest BCUT2D eigenvalue weighted by atomic mass is 9.90. The lowest BCUT2D eigenvalue weighted by Crippen LogP contribution is -2.33. The molecule has 2 aliphatic heterocycles. The van der Waals surface area contributed by atoms with E-state index in [4.69, 9.17) is 34.8 Å². The zero-order valence-corrected chi connectivity index (χ0v) is 21.2. The summed E-state index contributed by atoms with van der Waals surface area (Å²) in [6.45, 7) is 2.85. The lowest BCUT2D eigenvalue weighted by Gasteiger charge is -2.33. The van der Waals surface area contributed by atoms with Gasteiger partial charge in [0.05, 0.1) is 0 Å². The molecule has 1 saturated heterocycles. The Kier molecular flexibility index (Phi) is 7.06. The van der Waals surface area contributed by atoms with Crippen molar-refractivity contribution in [3.8, 4) is 0 Å². The fourth-order valence-electron chi connectivity index (χ4n) is 5.18. The van der Waals surface area contributed by atoms with E-state index in [-0.39, 0.29) is 5.91 Å². The molecule has 6 heteroatoms. The van der Waals surface area contributed by atoms with Crippen LogP contribution in [0.3, 0.4) is 0 Å². The van der Waals surface area contributed by atoms with Gasteiger partial charge >= 0.3 is 0 Å². The quantitative estimate of drug-likeness (QED) is 0.349. The van der Waals surface area contributed by atoms with Gasteiger partial charge < -0.3 is 9.80 Å². The van der Waals surface area contributed by atoms with Gasteiger partial charge in [-0.3, -0.25) is 4.79 Å². The molecule has 0 bridgehead atoms. The Morgan fingerprint density at radius 1 is 0.853 bits per heavy atom. The molecular formula is C28H27Cl3N2O. The van der Waals surface area contributed by atoms with Crippen LogP contribution in [0.2, 0.25) is 15.1 Å². The summed E-state index contributed by atoms with van der Waals surface area (Å²) in [6, 6.07) is 19.7. The molecule has 0 atom stereocenters. The van der Waals surface area contributed by atoms with Gasteiger partial charge in [-0.15, -0.1) is 0 Å². The molecule has 0 radical (unpaired) electrons. The van der Waals surface area contributed by atoms with Crippen molar-refractivity contribution < 1.29 is 4.79 Å². The van der Waals surface area contributed by atoms with Crippen LogP contribution in [0, 0.1) is 5.92 Å². The maximum absolute atomic E-state index is 13.1. The third-order valence-corrected chi connectivity index (χ3v) is 7.69. The highest BCUT2D eigenvalue weighted by atomic mass is 35.5. The van der Waals surface area contributed by atoms with Gasteiger partial charge in [0, 0.05) is 51.6 Å². The number of carbonyl (C=O) groups is 1. The van der Waals surface area contributed by atoms with Crippen molar-refractivity contribution in [2.45, 2.75) is 32.1 Å². The van der Waals surface area contributed by atoms with Crippen LogP contribution < -0.4 is 9.80 Å². The van der Waals surface area contributed by atoms with Crippen LogP contribution in [0.15, 0.2) is 60.7 Å². The van der Waals surface area contributed by atoms with Gasteiger partial charge in [0.1, 0.15) is 0 Å². The fraction of sp³-hybridized carbons (Fsp3) is 0.321. The SMILES string of the molecule is O=C(c1cc(Cl)cc(Cl)c1)N1CCc2cc(CCC3CCN(c4cccc(Cl)c4)CC3)ccc21. The van der Waals surface area contributed by atoms with Gasteiger partial charge in [-0.05, 0) is 91.6 Å². The maximum Gasteiger partial charge on any atom is 0.258 e. The second kappa shape index (κ2) is 10.2. The van der Waals surface area contributed by atoms with E-state index in [0.717, 1.165) is 42.6 Å². The summed E-state index contributed by atoms with van der Waals surface area (Å²) < 4.78 is 0. The zero-order chi connectivity index (χ0) is 23.7. The molecule has 2 aliphatic rings. The monoisotopic (exact) mass is 512 g/mol. The molecule has 3 aromatic rings. The predicted molar refractivity (Wildman–Crippen MR) is 143 cm³/mol. The number of fused-ring (bicyclic) bond motifs is 1. The van der Waals surface area contributed by atoms with E-state index in [9.17, 15) is 4.79 Å². The van der Waals surface area contributed by atoms with Crippen LogP contribution in [0.4, 0.5) is 11.4 Å². The number of halogens is 3. The standard InChI is InChI=1S/C28H27Cl3N2O/c29-23-2-1-3-26(18-23)32-11-8-19(9-12-32)4-5-20-6-7-27-21(14-20)10-13-33(27)28(34)22-15-24(30)17-25(31)16-22/h1-3,6-7,14-19H,4-5,8-13H2. The molecule has 0 unspecified atom stereocenters. The van der Waals surface area contributed by atoms with Gasteiger partial charge in [0.15, 0.2) is 0 Å². The van der Waals surface area contributed by atoms with Crippen LogP contribution in [-0.4, -0.2) is 25.5 Å². The molecule has 176 valence electrons. The largest absolute Gasteiger partial charge is 0.371 e. The normalized spacial score (nSPS) is 16.1. The van der Waals surface area contributed by atoms with Crippen LogP contribution in [-0.2, 0) is 12.8 Å². The van der Waals surface area contributed by atoms with Crippen molar-refractivity contribution in [3.63, 3.8) is 0 Å². The molecule has 0 aliphatic carbocycles. The molecule has 1 amide bonds. The first-order valence-electron chi connectivity index (χ1n) is 11.9. The Hall–Kier alpha value is -2.20. The van der Waals surface area contributed by atoms with Gasteiger partial charge in [-0.2, -0.15) is 0 Å². The number of rotatable bonds is 5. The average molecular weight is 514 g/mol. The Morgan fingerprint density at radius 3 is 2.35 bits per heavy atom. The highest BCUT2D eigenvalue weighted by Crippen LogP contribution is 2.33. The summed E-state index contributed by atoms with van der Waals surface area (Å²) in [5, 5.41) is 1.75. The second-order valence-electron chi connectivity index (χ2n) is 9.28. The number of anilines is 2. The highest BCUT2D eigenvalue weighted by molar-refractivity contribution is 6.35. The Bertz CT molecular complexity index is 1180. The summed E-state index contributed by atoms with van der Waals surface area (Å²) in [7, 11) is 0. The molecule has 5 rings (SSSR count). The number of hydrogen-bond donors (Lipinski definition) is 0. The van der Waals surface area contributed by atoms with Gasteiger partial charge in [-0.1, -0.05) is 53.0 Å². The first kappa shape index (κ1) is 23.5. The van der Waals surface area contributed by atoms with E-state index in [1.54, 1.807) is 18.2 Å². The summed E-state index contributed by atoms with van der Waals surface area (Å²) >= 11 is 18.4. The number of piperidine rings is 1. The minimum Gasteiger partial charge on any atom is -0.371 e. The van der Waals surface area contributed by atoms with E-state index in [1.165, 1.54) is 36.1 Å². The summed E-state index contributed by atoms with van der Waals surface area (Å²) in [5.74, 6) is 0.691. The minimum atomic E-state index is -0.0534. The molecule has 0 spiro atoms. The molecular weight excluding hydrogens is 487 g/mol. The molecule has 34 heavy (non-hydrogen) atoms. The molecule has 3 nitrogen and oxygen atoms in total. The fourth-order valence-corrected chi connectivity index (χ4v) is 5.89. The van der Waals surface area contributed by atoms with E-state index < -0.39 is 0 Å². The van der Waals surface area contributed by atoms with E-state index in [1.807, 2.05) is 17.0 Å². The van der Waals surface area contributed by atoms with E-state index in [0.29, 0.717) is 22.2 Å². The smallest absolute Gasteiger partial charge is 0.258 e. The Morgan fingerprint density at radius 2 is 1.62 bits per heavy atom. The first-order valence-corrected chi connectivity index (χ1v) is 13.0. The third kappa shape index (κ3) is 5.22. The molecule has 0 N–H and O–H groups in total. The number of benzene rings is 3. The molecule has 2 heterocycles. The Balaban J connectivity index is 1.18. The lowest BCUT2D eigenvalue weighted by molar-refractivity contribution is 0.0989. The first-order chi connectivity index (χ1) is 16.5. The number of carbonyl (C=O) groups excluding carboxylic acids is 1. The van der Waals surface area contributed by atoms with Crippen molar-refractivity contribution in [2.75, 3.05) is 29.4 Å². The summed E-state index contributed by atoms with van der Waals surface area (Å²) in [6.07, 6.45) is 5.57. The Labute approximate surface area is 216 Å².